The van der Waals surface area contributed by atoms with Gasteiger partial charge in [0.1, 0.15) is 6.61 Å². The fraction of sp³-hybridized carbons (Fsp3) is 0.833. The highest BCUT2D eigenvalue weighted by Crippen LogP contribution is 2.13. The molecule has 28 heavy (non-hydrogen) atoms. The van der Waals surface area contributed by atoms with Gasteiger partial charge in [-0.15, -0.1) is 0 Å². The highest BCUT2D eigenvalue weighted by molar-refractivity contribution is 5.81. The lowest BCUT2D eigenvalue weighted by atomic mass is 10.0. The predicted octanol–water partition coefficient (Wildman–Crippen LogP) is 6.48. The summed E-state index contributed by atoms with van der Waals surface area (Å²) in [6, 6.07) is 0. The van der Waals surface area contributed by atoms with Crippen LogP contribution in [0.5, 0.6) is 0 Å². The molecule has 0 aliphatic rings. The highest BCUT2D eigenvalue weighted by atomic mass is 16.5. The van der Waals surface area contributed by atoms with Gasteiger partial charge in [0.05, 0.1) is 6.54 Å². The highest BCUT2D eigenvalue weighted by Gasteiger charge is 2.01. The monoisotopic (exact) mass is 395 g/mol. The maximum Gasteiger partial charge on any atom is 0.330 e. The van der Waals surface area contributed by atoms with Gasteiger partial charge in [0, 0.05) is 12.5 Å². The van der Waals surface area contributed by atoms with Crippen LogP contribution in [0.25, 0.3) is 0 Å². The van der Waals surface area contributed by atoms with Gasteiger partial charge in [-0.3, -0.25) is 4.79 Å². The van der Waals surface area contributed by atoms with Crippen molar-refractivity contribution in [2.24, 2.45) is 0 Å². The summed E-state index contributed by atoms with van der Waals surface area (Å²) < 4.78 is 4.80. The minimum Gasteiger partial charge on any atom is -0.461 e. The Hall–Kier alpha value is -1.32. The van der Waals surface area contributed by atoms with E-state index in [0.717, 1.165) is 18.9 Å². The van der Waals surface area contributed by atoms with E-state index in [-0.39, 0.29) is 12.5 Å². The number of carbonyl (C=O) groups is 2. The van der Waals surface area contributed by atoms with Crippen LogP contribution in [-0.2, 0) is 14.3 Å². The second-order valence-corrected chi connectivity index (χ2v) is 7.77. The van der Waals surface area contributed by atoms with Gasteiger partial charge in [0.25, 0.3) is 0 Å². The second-order valence-electron chi connectivity index (χ2n) is 7.77. The van der Waals surface area contributed by atoms with E-state index in [9.17, 15) is 9.59 Å². The molecule has 0 heterocycles. The number of hydrogen-bond donors (Lipinski definition) is 1. The fourth-order valence-corrected chi connectivity index (χ4v) is 3.32. The van der Waals surface area contributed by atoms with E-state index in [0.29, 0.717) is 13.0 Å². The summed E-state index contributed by atoms with van der Waals surface area (Å²) in [5.74, 6) is -0.410. The van der Waals surface area contributed by atoms with Crippen LogP contribution in [0, 0.1) is 0 Å². The van der Waals surface area contributed by atoms with Gasteiger partial charge >= 0.3 is 5.97 Å². The first-order chi connectivity index (χ1) is 13.7. The zero-order valence-electron chi connectivity index (χ0n) is 18.4. The third-order valence-corrected chi connectivity index (χ3v) is 5.09. The Morgan fingerprint density at radius 1 is 0.750 bits per heavy atom. The molecule has 0 rings (SSSR count). The summed E-state index contributed by atoms with van der Waals surface area (Å²) in [5.41, 5.74) is 0. The smallest absolute Gasteiger partial charge is 0.330 e. The molecular formula is C24H45NO3. The normalized spacial score (nSPS) is 10.6. The van der Waals surface area contributed by atoms with E-state index in [1.54, 1.807) is 0 Å². The third-order valence-electron chi connectivity index (χ3n) is 5.09. The Bertz CT molecular complexity index is 382. The zero-order chi connectivity index (χ0) is 20.7. The maximum atomic E-state index is 11.6. The largest absolute Gasteiger partial charge is 0.461 e. The fourth-order valence-electron chi connectivity index (χ4n) is 3.32. The van der Waals surface area contributed by atoms with Crippen molar-refractivity contribution in [2.75, 3.05) is 13.2 Å². The topological polar surface area (TPSA) is 55.4 Å². The van der Waals surface area contributed by atoms with Crippen molar-refractivity contribution in [1.82, 2.24) is 5.32 Å². The van der Waals surface area contributed by atoms with Crippen molar-refractivity contribution in [3.05, 3.63) is 12.7 Å². The summed E-state index contributed by atoms with van der Waals surface area (Å²) in [4.78, 5) is 22.5. The lowest BCUT2D eigenvalue weighted by Gasteiger charge is -2.06. The van der Waals surface area contributed by atoms with Crippen LogP contribution in [0.3, 0.4) is 0 Å². The van der Waals surface area contributed by atoms with E-state index >= 15 is 0 Å². The van der Waals surface area contributed by atoms with E-state index < -0.39 is 5.97 Å². The van der Waals surface area contributed by atoms with Crippen LogP contribution in [-0.4, -0.2) is 25.0 Å². The number of unbranched alkanes of at least 4 members (excludes halogenated alkanes) is 15. The number of amides is 1. The van der Waals surface area contributed by atoms with Crippen molar-refractivity contribution >= 4 is 11.9 Å². The first-order valence-electron chi connectivity index (χ1n) is 11.8. The quantitative estimate of drug-likeness (QED) is 0.137. The molecule has 0 saturated heterocycles. The Balaban J connectivity index is 3.16. The average Bonchev–Trinajstić information content (AvgIpc) is 2.70. The van der Waals surface area contributed by atoms with Crippen LogP contribution in [0.15, 0.2) is 12.7 Å². The van der Waals surface area contributed by atoms with Crippen LogP contribution < -0.4 is 5.32 Å². The van der Waals surface area contributed by atoms with Crippen molar-refractivity contribution in [2.45, 2.75) is 116 Å². The Morgan fingerprint density at radius 3 is 1.61 bits per heavy atom. The number of nitrogens with one attached hydrogen (secondary N) is 1. The molecule has 0 radical (unpaired) electrons. The number of esters is 1. The SMILES string of the molecule is C=CC(=O)OCCNC(=O)CCCCCCCCCCCCCCCCCC. The van der Waals surface area contributed by atoms with Gasteiger partial charge in [0.15, 0.2) is 0 Å². The van der Waals surface area contributed by atoms with Crippen LogP contribution in [0.1, 0.15) is 116 Å². The Labute approximate surface area is 173 Å². The summed E-state index contributed by atoms with van der Waals surface area (Å²) >= 11 is 0. The van der Waals surface area contributed by atoms with Crippen molar-refractivity contribution in [3.63, 3.8) is 0 Å². The van der Waals surface area contributed by atoms with Crippen LogP contribution in [0.2, 0.25) is 0 Å². The van der Waals surface area contributed by atoms with E-state index in [2.05, 4.69) is 18.8 Å². The van der Waals surface area contributed by atoms with Crippen LogP contribution in [0.4, 0.5) is 0 Å². The van der Waals surface area contributed by atoms with E-state index in [4.69, 9.17) is 4.74 Å². The molecule has 0 aromatic carbocycles. The van der Waals surface area contributed by atoms with Crippen LogP contribution >= 0.6 is 0 Å². The first kappa shape index (κ1) is 26.7. The molecule has 0 atom stereocenters. The van der Waals surface area contributed by atoms with Gasteiger partial charge in [-0.1, -0.05) is 110 Å². The van der Waals surface area contributed by atoms with E-state index in [1.807, 2.05) is 0 Å². The first-order valence-corrected chi connectivity index (χ1v) is 11.8. The minimum atomic E-state index is -0.452. The molecule has 0 aromatic rings. The molecule has 0 spiro atoms. The molecule has 4 heteroatoms. The molecule has 0 saturated carbocycles. The zero-order valence-corrected chi connectivity index (χ0v) is 18.4. The Morgan fingerprint density at radius 2 is 1.18 bits per heavy atom. The third kappa shape index (κ3) is 21.0. The van der Waals surface area contributed by atoms with Gasteiger partial charge in [-0.2, -0.15) is 0 Å². The predicted molar refractivity (Wildman–Crippen MR) is 118 cm³/mol. The number of carbonyl (C=O) groups excluding carboxylic acids is 2. The summed E-state index contributed by atoms with van der Waals surface area (Å²) in [7, 11) is 0. The van der Waals surface area contributed by atoms with Crippen molar-refractivity contribution < 1.29 is 14.3 Å². The van der Waals surface area contributed by atoms with Crippen molar-refractivity contribution in [1.29, 1.82) is 0 Å². The molecule has 0 bridgehead atoms. The molecule has 1 N–H and O–H groups in total. The van der Waals surface area contributed by atoms with Gasteiger partial charge in [-0.05, 0) is 6.42 Å². The number of hydrogen-bond acceptors (Lipinski definition) is 3. The number of rotatable bonds is 21. The molecule has 0 aromatic heterocycles. The summed E-state index contributed by atoms with van der Waals surface area (Å²) in [6.45, 7) is 6.17. The molecular weight excluding hydrogens is 350 g/mol. The summed E-state index contributed by atoms with van der Waals surface area (Å²) in [6.07, 6.45) is 23.0. The molecule has 0 fully saturated rings. The molecule has 1 amide bonds. The minimum absolute atomic E-state index is 0.0417. The molecule has 0 unspecified atom stereocenters. The average molecular weight is 396 g/mol. The molecule has 0 aliphatic carbocycles. The van der Waals surface area contributed by atoms with Crippen molar-refractivity contribution in [3.8, 4) is 0 Å². The van der Waals surface area contributed by atoms with Gasteiger partial charge in [-0.25, -0.2) is 4.79 Å². The van der Waals surface area contributed by atoms with Gasteiger partial charge in [0.2, 0.25) is 5.91 Å². The summed E-state index contributed by atoms with van der Waals surface area (Å²) in [5, 5.41) is 2.76. The maximum absolute atomic E-state index is 11.6. The second kappa shape index (κ2) is 22.0. The molecule has 0 aliphatic heterocycles. The van der Waals surface area contributed by atoms with E-state index in [1.165, 1.54) is 89.9 Å². The molecule has 4 nitrogen and oxygen atoms in total. The Kier molecular flexibility index (Phi) is 20.9. The molecule has 164 valence electrons. The standard InChI is InChI=1S/C24H45NO3/c1-3-5-6-7-8-9-10-11-12-13-14-15-16-17-18-19-20-23(26)25-21-22-28-24(27)4-2/h4H,2-3,5-22H2,1H3,(H,25,26). The lowest BCUT2D eigenvalue weighted by molar-refractivity contribution is -0.138. The lowest BCUT2D eigenvalue weighted by Crippen LogP contribution is -2.27. The van der Waals surface area contributed by atoms with Gasteiger partial charge < -0.3 is 10.1 Å². The number of ether oxygens (including phenoxy) is 1.